The quantitative estimate of drug-likeness (QED) is 0.798. The van der Waals surface area contributed by atoms with E-state index in [1.54, 1.807) is 0 Å². The van der Waals surface area contributed by atoms with Crippen molar-refractivity contribution in [1.29, 1.82) is 0 Å². The molecular weight excluding hydrogens is 228 g/mol. The number of carbonyl (C=O) groups is 2. The molecule has 102 valence electrons. The maximum atomic E-state index is 11.9. The summed E-state index contributed by atoms with van der Waals surface area (Å²) in [4.78, 5) is 23.8. The van der Waals surface area contributed by atoms with Gasteiger partial charge in [0.05, 0.1) is 0 Å². The number of hydrogen-bond donors (Lipinski definition) is 2. The van der Waals surface area contributed by atoms with Gasteiger partial charge in [-0.25, -0.2) is 0 Å². The molecule has 0 aliphatic heterocycles. The van der Waals surface area contributed by atoms with Crippen LogP contribution in [0.1, 0.15) is 52.4 Å². The van der Waals surface area contributed by atoms with Crippen LogP contribution in [0.4, 0.5) is 0 Å². The van der Waals surface area contributed by atoms with Gasteiger partial charge in [-0.3, -0.25) is 9.59 Å². The Morgan fingerprint density at radius 3 is 1.83 bits per heavy atom. The molecule has 2 N–H and O–H groups in total. The van der Waals surface area contributed by atoms with E-state index < -0.39 is 0 Å². The number of carbonyl (C=O) groups excluding carboxylic acids is 2. The van der Waals surface area contributed by atoms with Crippen molar-refractivity contribution in [2.75, 3.05) is 0 Å². The normalized spacial score (nSPS) is 27.9. The first-order valence-corrected chi connectivity index (χ1v) is 7.17. The van der Waals surface area contributed by atoms with E-state index in [4.69, 9.17) is 0 Å². The Balaban J connectivity index is 1.73. The standard InChI is InChI=1S/C14H24N2O2/c1-9(2)15-13(17)10-3-5-11(6-4-10)14(18)16-12-7-8-12/h9-12H,3-8H2,1-2H3,(H,15,17)(H,16,18). The van der Waals surface area contributed by atoms with Crippen LogP contribution in [-0.2, 0) is 9.59 Å². The Hall–Kier alpha value is -1.06. The Bertz CT molecular complexity index is 292. The highest BCUT2D eigenvalue weighted by molar-refractivity contribution is 5.81. The Kier molecular flexibility index (Phi) is 4.25. The Labute approximate surface area is 109 Å². The van der Waals surface area contributed by atoms with E-state index in [0.29, 0.717) is 6.04 Å². The molecule has 0 atom stereocenters. The molecule has 2 aliphatic rings. The number of amides is 2. The summed E-state index contributed by atoms with van der Waals surface area (Å²) >= 11 is 0. The van der Waals surface area contributed by atoms with Crippen molar-refractivity contribution in [1.82, 2.24) is 10.6 Å². The fraction of sp³-hybridized carbons (Fsp3) is 0.857. The van der Waals surface area contributed by atoms with Gasteiger partial charge in [-0.05, 0) is 52.4 Å². The van der Waals surface area contributed by atoms with Crippen molar-refractivity contribution in [2.24, 2.45) is 11.8 Å². The molecule has 18 heavy (non-hydrogen) atoms. The third-order valence-electron chi connectivity index (χ3n) is 3.82. The number of nitrogens with one attached hydrogen (secondary N) is 2. The van der Waals surface area contributed by atoms with E-state index in [9.17, 15) is 9.59 Å². The molecule has 2 aliphatic carbocycles. The van der Waals surface area contributed by atoms with Crippen molar-refractivity contribution >= 4 is 11.8 Å². The van der Waals surface area contributed by atoms with Gasteiger partial charge in [0.2, 0.25) is 11.8 Å². The molecule has 0 unspecified atom stereocenters. The van der Waals surface area contributed by atoms with Crippen LogP contribution in [0, 0.1) is 11.8 Å². The fourth-order valence-electron chi connectivity index (χ4n) is 2.57. The Morgan fingerprint density at radius 1 is 0.889 bits per heavy atom. The van der Waals surface area contributed by atoms with Crippen LogP contribution in [0.2, 0.25) is 0 Å². The van der Waals surface area contributed by atoms with Crippen LogP contribution in [0.25, 0.3) is 0 Å². The smallest absolute Gasteiger partial charge is 0.223 e. The molecule has 0 aromatic rings. The van der Waals surface area contributed by atoms with Gasteiger partial charge in [0.15, 0.2) is 0 Å². The van der Waals surface area contributed by atoms with Crippen LogP contribution >= 0.6 is 0 Å². The van der Waals surface area contributed by atoms with Gasteiger partial charge in [0.25, 0.3) is 0 Å². The highest BCUT2D eigenvalue weighted by atomic mass is 16.2. The molecule has 2 fully saturated rings. The van der Waals surface area contributed by atoms with Gasteiger partial charge in [0.1, 0.15) is 0 Å². The van der Waals surface area contributed by atoms with E-state index in [1.165, 1.54) is 0 Å². The molecule has 0 radical (unpaired) electrons. The van der Waals surface area contributed by atoms with Crippen LogP contribution in [0.5, 0.6) is 0 Å². The molecule has 0 spiro atoms. The van der Waals surface area contributed by atoms with Crippen molar-refractivity contribution in [3.8, 4) is 0 Å². The largest absolute Gasteiger partial charge is 0.354 e. The van der Waals surface area contributed by atoms with Gasteiger partial charge < -0.3 is 10.6 Å². The lowest BCUT2D eigenvalue weighted by molar-refractivity contribution is -0.130. The minimum Gasteiger partial charge on any atom is -0.354 e. The minimum atomic E-state index is 0.109. The highest BCUT2D eigenvalue weighted by Gasteiger charge is 2.32. The van der Waals surface area contributed by atoms with Gasteiger partial charge in [0, 0.05) is 23.9 Å². The van der Waals surface area contributed by atoms with E-state index >= 15 is 0 Å². The molecule has 4 nitrogen and oxygen atoms in total. The zero-order chi connectivity index (χ0) is 13.1. The summed E-state index contributed by atoms with van der Waals surface area (Å²) in [6, 6.07) is 0.646. The first-order valence-electron chi connectivity index (χ1n) is 7.17. The van der Waals surface area contributed by atoms with Crippen LogP contribution in [0.3, 0.4) is 0 Å². The summed E-state index contributed by atoms with van der Waals surface area (Å²) in [5, 5.41) is 6.02. The molecule has 0 bridgehead atoms. The second kappa shape index (κ2) is 5.72. The van der Waals surface area contributed by atoms with E-state index in [-0.39, 0.29) is 29.7 Å². The number of hydrogen-bond acceptors (Lipinski definition) is 2. The fourth-order valence-corrected chi connectivity index (χ4v) is 2.57. The molecule has 0 saturated heterocycles. The van der Waals surface area contributed by atoms with Crippen LogP contribution in [-0.4, -0.2) is 23.9 Å². The summed E-state index contributed by atoms with van der Waals surface area (Å²) in [7, 11) is 0. The molecule has 4 heteroatoms. The third kappa shape index (κ3) is 3.72. The topological polar surface area (TPSA) is 58.2 Å². The lowest BCUT2D eigenvalue weighted by atomic mass is 9.81. The van der Waals surface area contributed by atoms with Gasteiger partial charge in [-0.1, -0.05) is 0 Å². The third-order valence-corrected chi connectivity index (χ3v) is 3.82. The summed E-state index contributed by atoms with van der Waals surface area (Å²) in [5.74, 6) is 0.609. The van der Waals surface area contributed by atoms with Gasteiger partial charge >= 0.3 is 0 Å². The molecule has 2 saturated carbocycles. The molecule has 0 aromatic heterocycles. The van der Waals surface area contributed by atoms with Gasteiger partial charge in [-0.15, -0.1) is 0 Å². The highest BCUT2D eigenvalue weighted by Crippen LogP contribution is 2.30. The van der Waals surface area contributed by atoms with Crippen molar-refractivity contribution in [3.05, 3.63) is 0 Å². The molecule has 0 heterocycles. The molecule has 0 aromatic carbocycles. The molecule has 2 amide bonds. The van der Waals surface area contributed by atoms with Crippen LogP contribution in [0.15, 0.2) is 0 Å². The summed E-state index contributed by atoms with van der Waals surface area (Å²) < 4.78 is 0. The summed E-state index contributed by atoms with van der Waals surface area (Å²) in [6.07, 6.45) is 5.68. The van der Waals surface area contributed by atoms with Crippen LogP contribution < -0.4 is 10.6 Å². The van der Waals surface area contributed by atoms with Gasteiger partial charge in [-0.2, -0.15) is 0 Å². The first-order chi connectivity index (χ1) is 8.56. The lowest BCUT2D eigenvalue weighted by Gasteiger charge is -2.27. The number of rotatable bonds is 4. The second-order valence-electron chi connectivity index (χ2n) is 5.99. The van der Waals surface area contributed by atoms with E-state index in [0.717, 1.165) is 38.5 Å². The summed E-state index contributed by atoms with van der Waals surface area (Å²) in [5.41, 5.74) is 0. The predicted octanol–water partition coefficient (Wildman–Crippen LogP) is 1.60. The van der Waals surface area contributed by atoms with E-state index in [1.807, 2.05) is 13.8 Å². The van der Waals surface area contributed by atoms with Crippen molar-refractivity contribution < 1.29 is 9.59 Å². The molecule has 2 rings (SSSR count). The van der Waals surface area contributed by atoms with E-state index in [2.05, 4.69) is 10.6 Å². The monoisotopic (exact) mass is 252 g/mol. The maximum absolute atomic E-state index is 11.9. The van der Waals surface area contributed by atoms with Crippen molar-refractivity contribution in [2.45, 2.75) is 64.5 Å². The second-order valence-corrected chi connectivity index (χ2v) is 5.99. The Morgan fingerprint density at radius 2 is 1.39 bits per heavy atom. The zero-order valence-electron chi connectivity index (χ0n) is 11.4. The average molecular weight is 252 g/mol. The zero-order valence-corrected chi connectivity index (χ0v) is 11.4. The first kappa shape index (κ1) is 13.4. The van der Waals surface area contributed by atoms with Crippen molar-refractivity contribution in [3.63, 3.8) is 0 Å². The average Bonchev–Trinajstić information content (AvgIpc) is 3.12. The molecular formula is C14H24N2O2. The summed E-state index contributed by atoms with van der Waals surface area (Å²) in [6.45, 7) is 3.96. The maximum Gasteiger partial charge on any atom is 0.223 e. The minimum absolute atomic E-state index is 0.109. The lowest BCUT2D eigenvalue weighted by Crippen LogP contribution is -2.40. The predicted molar refractivity (Wildman–Crippen MR) is 69.9 cm³/mol. The SMILES string of the molecule is CC(C)NC(=O)C1CCC(C(=O)NC2CC2)CC1.